The maximum Gasteiger partial charge on any atom is 0.252 e. The SMILES string of the molecule is COc1cc(C(=O)CC[C@](C)(O)c2cc3c(c(-c4ccc(F)cc4)n2)OC[C@]3(C)C(=O)NC2(C)CC(F)(F)C2)cc2cccnc12. The fraction of sp³-hybridized carbons (Fsp3) is 0.371. The molecule has 1 aliphatic heterocycles. The Morgan fingerprint density at radius 2 is 1.83 bits per heavy atom. The molecule has 0 unspecified atom stereocenters. The second-order valence-electron chi connectivity index (χ2n) is 13.0. The van der Waals surface area contributed by atoms with Crippen molar-refractivity contribution in [3.8, 4) is 22.8 Å². The first-order valence-electron chi connectivity index (χ1n) is 15.0. The average molecular weight is 634 g/mol. The number of ketones is 1. The minimum atomic E-state index is -2.84. The largest absolute Gasteiger partial charge is 0.494 e. The van der Waals surface area contributed by atoms with Crippen molar-refractivity contribution < 1.29 is 37.3 Å². The van der Waals surface area contributed by atoms with Crippen LogP contribution in [0.3, 0.4) is 0 Å². The molecule has 1 saturated carbocycles. The van der Waals surface area contributed by atoms with Crippen LogP contribution in [0.5, 0.6) is 11.5 Å². The van der Waals surface area contributed by atoms with Crippen LogP contribution in [-0.2, 0) is 15.8 Å². The first-order valence-corrected chi connectivity index (χ1v) is 15.0. The Morgan fingerprint density at radius 3 is 2.50 bits per heavy atom. The van der Waals surface area contributed by atoms with Gasteiger partial charge in [-0.2, -0.15) is 0 Å². The average Bonchev–Trinajstić information content (AvgIpc) is 3.35. The molecule has 4 aromatic rings. The summed E-state index contributed by atoms with van der Waals surface area (Å²) in [4.78, 5) is 36.1. The Labute approximate surface area is 264 Å². The molecule has 6 rings (SSSR count). The number of ether oxygens (including phenoxy) is 2. The Hall–Kier alpha value is -4.51. The molecule has 0 saturated heterocycles. The number of Topliss-reactive ketones (excluding diaryl/α,β-unsaturated/α-hetero) is 1. The molecule has 1 fully saturated rings. The van der Waals surface area contributed by atoms with Gasteiger partial charge in [0.15, 0.2) is 5.78 Å². The van der Waals surface area contributed by atoms with Gasteiger partial charge in [0.25, 0.3) is 5.92 Å². The number of pyridine rings is 2. The molecule has 11 heteroatoms. The van der Waals surface area contributed by atoms with Crippen LogP contribution < -0.4 is 14.8 Å². The normalized spacial score (nSPS) is 20.6. The fourth-order valence-electron chi connectivity index (χ4n) is 6.35. The zero-order valence-electron chi connectivity index (χ0n) is 25.9. The smallest absolute Gasteiger partial charge is 0.252 e. The summed E-state index contributed by atoms with van der Waals surface area (Å²) in [5, 5.41) is 15.3. The lowest BCUT2D eigenvalue weighted by atomic mass is 9.73. The lowest BCUT2D eigenvalue weighted by Gasteiger charge is -2.46. The highest BCUT2D eigenvalue weighted by Crippen LogP contribution is 2.49. The number of carbonyl (C=O) groups is 2. The summed E-state index contributed by atoms with van der Waals surface area (Å²) in [7, 11) is 1.50. The number of aliphatic hydroxyl groups is 1. The first-order chi connectivity index (χ1) is 21.6. The van der Waals surface area contributed by atoms with Crippen LogP contribution in [0.4, 0.5) is 13.2 Å². The third-order valence-corrected chi connectivity index (χ3v) is 9.01. The summed E-state index contributed by atoms with van der Waals surface area (Å²) in [5.41, 5.74) is -1.67. The molecule has 1 amide bonds. The van der Waals surface area contributed by atoms with E-state index in [-0.39, 0.29) is 42.4 Å². The molecule has 0 spiro atoms. The van der Waals surface area contributed by atoms with Gasteiger partial charge >= 0.3 is 0 Å². The number of fused-ring (bicyclic) bond motifs is 2. The van der Waals surface area contributed by atoms with Crippen molar-refractivity contribution in [3.63, 3.8) is 0 Å². The molecule has 240 valence electrons. The van der Waals surface area contributed by atoms with Crippen LogP contribution in [0.25, 0.3) is 22.2 Å². The predicted octanol–water partition coefficient (Wildman–Crippen LogP) is 6.27. The first kappa shape index (κ1) is 31.5. The van der Waals surface area contributed by atoms with Crippen LogP contribution in [0.15, 0.2) is 60.8 Å². The van der Waals surface area contributed by atoms with Crippen LogP contribution in [-0.4, -0.2) is 51.9 Å². The third kappa shape index (κ3) is 5.68. The molecule has 0 radical (unpaired) electrons. The van der Waals surface area contributed by atoms with Crippen molar-refractivity contribution in [1.29, 1.82) is 0 Å². The lowest BCUT2D eigenvalue weighted by molar-refractivity contribution is -0.147. The highest BCUT2D eigenvalue weighted by Gasteiger charge is 2.56. The van der Waals surface area contributed by atoms with E-state index in [0.29, 0.717) is 28.0 Å². The molecule has 0 bridgehead atoms. The number of alkyl halides is 2. The van der Waals surface area contributed by atoms with Gasteiger partial charge in [0.1, 0.15) is 46.1 Å². The Bertz CT molecular complexity index is 1850. The van der Waals surface area contributed by atoms with E-state index in [0.717, 1.165) is 5.39 Å². The number of nitrogens with one attached hydrogen (secondary N) is 1. The van der Waals surface area contributed by atoms with Crippen molar-refractivity contribution >= 4 is 22.6 Å². The second-order valence-corrected chi connectivity index (χ2v) is 13.0. The topological polar surface area (TPSA) is 111 Å². The Kier molecular flexibility index (Phi) is 7.58. The second kappa shape index (κ2) is 11.1. The molecule has 3 heterocycles. The van der Waals surface area contributed by atoms with Gasteiger partial charge in [-0.25, -0.2) is 18.2 Å². The lowest BCUT2D eigenvalue weighted by Crippen LogP contribution is -2.63. The van der Waals surface area contributed by atoms with E-state index in [9.17, 15) is 27.9 Å². The van der Waals surface area contributed by atoms with Gasteiger partial charge in [0, 0.05) is 53.1 Å². The molecule has 2 aromatic carbocycles. The minimum Gasteiger partial charge on any atom is -0.494 e. The van der Waals surface area contributed by atoms with Crippen LogP contribution >= 0.6 is 0 Å². The summed E-state index contributed by atoms with van der Waals surface area (Å²) in [6, 6.07) is 14.1. The van der Waals surface area contributed by atoms with E-state index in [1.807, 2.05) is 6.07 Å². The summed E-state index contributed by atoms with van der Waals surface area (Å²) >= 11 is 0. The molecule has 2 N–H and O–H groups in total. The van der Waals surface area contributed by atoms with Crippen LogP contribution in [0.2, 0.25) is 0 Å². The monoisotopic (exact) mass is 633 g/mol. The maximum atomic E-state index is 13.8. The van der Waals surface area contributed by atoms with Crippen molar-refractivity contribution in [1.82, 2.24) is 15.3 Å². The van der Waals surface area contributed by atoms with Crippen molar-refractivity contribution in [2.24, 2.45) is 0 Å². The number of hydrogen-bond acceptors (Lipinski definition) is 7. The number of rotatable bonds is 9. The molecule has 46 heavy (non-hydrogen) atoms. The van der Waals surface area contributed by atoms with E-state index in [1.165, 1.54) is 38.3 Å². The number of nitrogens with zero attached hydrogens (tertiary/aromatic N) is 2. The predicted molar refractivity (Wildman–Crippen MR) is 165 cm³/mol. The number of hydrogen-bond donors (Lipinski definition) is 2. The summed E-state index contributed by atoms with van der Waals surface area (Å²) in [6.45, 7) is 4.65. The third-order valence-electron chi connectivity index (χ3n) is 9.01. The van der Waals surface area contributed by atoms with E-state index >= 15 is 0 Å². The van der Waals surface area contributed by atoms with Gasteiger partial charge in [0.05, 0.1) is 12.8 Å². The zero-order chi connectivity index (χ0) is 33.1. The van der Waals surface area contributed by atoms with E-state index in [2.05, 4.69) is 10.3 Å². The van der Waals surface area contributed by atoms with Gasteiger partial charge in [-0.05, 0) is 75.7 Å². The van der Waals surface area contributed by atoms with Crippen LogP contribution in [0, 0.1) is 5.82 Å². The summed E-state index contributed by atoms with van der Waals surface area (Å²) in [6.07, 6.45) is 0.623. The highest BCUT2D eigenvalue weighted by molar-refractivity contribution is 6.01. The molecule has 2 aliphatic rings. The molecule has 1 aliphatic carbocycles. The maximum absolute atomic E-state index is 13.8. The van der Waals surface area contributed by atoms with Gasteiger partial charge in [-0.3, -0.25) is 14.6 Å². The van der Waals surface area contributed by atoms with E-state index < -0.39 is 47.0 Å². The van der Waals surface area contributed by atoms with Gasteiger partial charge in [-0.15, -0.1) is 0 Å². The quantitative estimate of drug-likeness (QED) is 0.209. The molecule has 8 nitrogen and oxygen atoms in total. The molecule has 2 atom stereocenters. The standard InChI is InChI=1S/C35H34F3N3O5/c1-32(17-35(37,38)18-32)41-31(43)33(2)19-46-30-24(33)16-27(40-29(30)20-7-9-23(36)10-8-20)34(3,44)12-11-25(42)22-14-21-6-5-13-39-28(21)26(15-22)45-4/h5-10,13-16,44H,11-12,17-19H2,1-4H3,(H,41,43)/t33-,34-/m0/s1. The van der Waals surface area contributed by atoms with E-state index in [4.69, 9.17) is 14.5 Å². The Morgan fingerprint density at radius 1 is 1.11 bits per heavy atom. The zero-order valence-corrected chi connectivity index (χ0v) is 25.9. The van der Waals surface area contributed by atoms with Gasteiger partial charge in [-0.1, -0.05) is 6.07 Å². The van der Waals surface area contributed by atoms with Gasteiger partial charge < -0.3 is 19.9 Å². The number of methoxy groups -OCH3 is 1. The highest BCUT2D eigenvalue weighted by atomic mass is 19.3. The minimum absolute atomic E-state index is 0.0230. The van der Waals surface area contributed by atoms with Crippen LogP contribution in [0.1, 0.15) is 68.1 Å². The molecular formula is C35H34F3N3O5. The molecule has 2 aromatic heterocycles. The number of aromatic nitrogens is 2. The summed E-state index contributed by atoms with van der Waals surface area (Å²) in [5.74, 6) is -3.30. The van der Waals surface area contributed by atoms with Crippen molar-refractivity contribution in [3.05, 3.63) is 83.4 Å². The fourth-order valence-corrected chi connectivity index (χ4v) is 6.35. The van der Waals surface area contributed by atoms with E-state index in [1.54, 1.807) is 44.3 Å². The van der Waals surface area contributed by atoms with Crippen molar-refractivity contribution in [2.45, 2.75) is 68.9 Å². The van der Waals surface area contributed by atoms with Crippen molar-refractivity contribution in [2.75, 3.05) is 13.7 Å². The Balaban J connectivity index is 1.33. The van der Waals surface area contributed by atoms with Gasteiger partial charge in [0.2, 0.25) is 5.91 Å². The summed E-state index contributed by atoms with van der Waals surface area (Å²) < 4.78 is 52.7. The number of amides is 1. The number of halogens is 3. The molecular weight excluding hydrogens is 599 g/mol. The number of carbonyl (C=O) groups excluding carboxylic acids is 2. The number of benzene rings is 2.